The number of pyridine rings is 1. The number of hydrogen-bond donors (Lipinski definition) is 2. The summed E-state index contributed by atoms with van der Waals surface area (Å²) >= 11 is 5.75. The molecule has 3 N–H and O–H groups in total. The first-order chi connectivity index (χ1) is 10.1. The number of anilines is 1. The second-order valence-electron chi connectivity index (χ2n) is 5.07. The number of nitrogens with two attached hydrogens (primary N) is 1. The first kappa shape index (κ1) is 18.7. The fourth-order valence-corrected chi connectivity index (χ4v) is 2.49. The number of nitrogens with one attached hydrogen (secondary N) is 1. The van der Waals surface area contributed by atoms with Crippen LogP contribution in [0.15, 0.2) is 18.3 Å². The first-order valence-electron chi connectivity index (χ1n) is 7.00. The van der Waals surface area contributed by atoms with Crippen LogP contribution in [0, 0.1) is 5.92 Å². The Bertz CT molecular complexity index is 510. The van der Waals surface area contributed by atoms with Gasteiger partial charge in [0.1, 0.15) is 5.82 Å². The van der Waals surface area contributed by atoms with Gasteiger partial charge in [-0.2, -0.15) is 0 Å². The molecule has 22 heavy (non-hydrogen) atoms. The van der Waals surface area contributed by atoms with Gasteiger partial charge < -0.3 is 16.0 Å². The topological polar surface area (TPSA) is 88.3 Å². The van der Waals surface area contributed by atoms with E-state index in [-0.39, 0.29) is 30.1 Å². The van der Waals surface area contributed by atoms with Gasteiger partial charge in [0.25, 0.3) is 0 Å². The normalized spacial score (nSPS) is 17.5. The predicted molar refractivity (Wildman–Crippen MR) is 88.1 cm³/mol. The number of likely N-dealkylation sites (tertiary alicyclic amines) is 1. The van der Waals surface area contributed by atoms with Gasteiger partial charge in [-0.1, -0.05) is 11.6 Å². The van der Waals surface area contributed by atoms with E-state index < -0.39 is 0 Å². The average Bonchev–Trinajstić information content (AvgIpc) is 2.50. The maximum atomic E-state index is 12.2. The van der Waals surface area contributed by atoms with Gasteiger partial charge in [0.05, 0.1) is 10.9 Å². The van der Waals surface area contributed by atoms with Crippen molar-refractivity contribution in [3.8, 4) is 0 Å². The highest BCUT2D eigenvalue weighted by Gasteiger charge is 2.28. The Morgan fingerprint density at radius 1 is 1.45 bits per heavy atom. The summed E-state index contributed by atoms with van der Waals surface area (Å²) in [6, 6.07) is 3.32. The van der Waals surface area contributed by atoms with Crippen LogP contribution < -0.4 is 11.1 Å². The highest BCUT2D eigenvalue weighted by molar-refractivity contribution is 6.30. The molecule has 2 rings (SSSR count). The Morgan fingerprint density at radius 3 is 2.86 bits per heavy atom. The molecule has 0 bridgehead atoms. The van der Waals surface area contributed by atoms with Gasteiger partial charge in [-0.05, 0) is 25.0 Å². The fourth-order valence-electron chi connectivity index (χ4n) is 2.38. The Kier molecular flexibility index (Phi) is 7.58. The van der Waals surface area contributed by atoms with Crippen LogP contribution in [0.25, 0.3) is 0 Å². The van der Waals surface area contributed by atoms with Crippen molar-refractivity contribution in [3.05, 3.63) is 23.4 Å². The molecule has 1 aromatic rings. The summed E-state index contributed by atoms with van der Waals surface area (Å²) in [5.41, 5.74) is 5.40. The van der Waals surface area contributed by atoms with E-state index in [0.717, 1.165) is 12.8 Å². The first-order valence-corrected chi connectivity index (χ1v) is 7.38. The lowest BCUT2D eigenvalue weighted by atomic mass is 9.97. The molecule has 8 heteroatoms. The molecule has 1 aromatic heterocycles. The van der Waals surface area contributed by atoms with Crippen LogP contribution in [0.5, 0.6) is 0 Å². The van der Waals surface area contributed by atoms with E-state index in [9.17, 15) is 9.59 Å². The summed E-state index contributed by atoms with van der Waals surface area (Å²) in [7, 11) is 0. The molecule has 0 spiro atoms. The third-order valence-electron chi connectivity index (χ3n) is 3.48. The zero-order valence-corrected chi connectivity index (χ0v) is 13.7. The van der Waals surface area contributed by atoms with Gasteiger partial charge in [0.2, 0.25) is 11.8 Å². The number of hydrogen-bond acceptors (Lipinski definition) is 4. The summed E-state index contributed by atoms with van der Waals surface area (Å²) < 4.78 is 0. The monoisotopic (exact) mass is 346 g/mol. The number of carbonyl (C=O) groups is 2. The molecule has 6 nitrogen and oxygen atoms in total. The van der Waals surface area contributed by atoms with Crippen molar-refractivity contribution in [3.63, 3.8) is 0 Å². The van der Waals surface area contributed by atoms with E-state index in [1.165, 1.54) is 6.20 Å². The molecule has 2 amide bonds. The molecule has 2 heterocycles. The van der Waals surface area contributed by atoms with Gasteiger partial charge in [0.15, 0.2) is 0 Å². The molecule has 0 saturated carbocycles. The van der Waals surface area contributed by atoms with Gasteiger partial charge in [0, 0.05) is 32.3 Å². The van der Waals surface area contributed by atoms with Crippen LogP contribution in [-0.2, 0) is 9.59 Å². The van der Waals surface area contributed by atoms with Crippen molar-refractivity contribution < 1.29 is 9.59 Å². The molecule has 1 aliphatic rings. The number of aromatic nitrogens is 1. The number of halogens is 2. The van der Waals surface area contributed by atoms with Crippen LogP contribution >= 0.6 is 24.0 Å². The van der Waals surface area contributed by atoms with E-state index in [4.69, 9.17) is 17.3 Å². The lowest BCUT2D eigenvalue weighted by molar-refractivity contribution is -0.134. The second kappa shape index (κ2) is 8.92. The average molecular weight is 347 g/mol. The zero-order valence-electron chi connectivity index (χ0n) is 12.1. The number of carbonyl (C=O) groups excluding carboxylic acids is 2. The minimum Gasteiger partial charge on any atom is -0.342 e. The SMILES string of the molecule is Cl.NCCC(=O)N1CCCC(C(=O)Nc2ccc(Cl)cn2)C1. The summed E-state index contributed by atoms with van der Waals surface area (Å²) in [6.07, 6.45) is 3.40. The van der Waals surface area contributed by atoms with Crippen LogP contribution in [-0.4, -0.2) is 41.3 Å². The molecule has 0 aliphatic carbocycles. The fraction of sp³-hybridized carbons (Fsp3) is 0.500. The van der Waals surface area contributed by atoms with Crippen molar-refractivity contribution in [1.82, 2.24) is 9.88 Å². The van der Waals surface area contributed by atoms with Gasteiger partial charge in [-0.25, -0.2) is 4.98 Å². The van der Waals surface area contributed by atoms with Gasteiger partial charge in [-0.3, -0.25) is 9.59 Å². The predicted octanol–water partition coefficient (Wildman–Crippen LogP) is 1.68. The van der Waals surface area contributed by atoms with E-state index in [1.807, 2.05) is 0 Å². The number of piperidine rings is 1. The van der Waals surface area contributed by atoms with Crippen molar-refractivity contribution >= 4 is 41.6 Å². The molecule has 0 radical (unpaired) electrons. The van der Waals surface area contributed by atoms with Crippen LogP contribution in [0.2, 0.25) is 5.02 Å². The Balaban J connectivity index is 0.00000242. The summed E-state index contributed by atoms with van der Waals surface area (Å²) in [4.78, 5) is 29.8. The van der Waals surface area contributed by atoms with E-state index in [1.54, 1.807) is 17.0 Å². The lowest BCUT2D eigenvalue weighted by Gasteiger charge is -2.32. The highest BCUT2D eigenvalue weighted by Crippen LogP contribution is 2.19. The maximum Gasteiger partial charge on any atom is 0.230 e. The molecule has 1 saturated heterocycles. The standard InChI is InChI=1S/C14H19ClN4O2.ClH/c15-11-3-4-12(17-8-11)18-14(21)10-2-1-7-19(9-10)13(20)5-6-16;/h3-4,8,10H,1-2,5-7,9,16H2,(H,17,18,21);1H. The van der Waals surface area contributed by atoms with Crippen molar-refractivity contribution in [1.29, 1.82) is 0 Å². The molecular formula is C14H20Cl2N4O2. The Labute approximate surface area is 140 Å². The Hall–Kier alpha value is -1.37. The van der Waals surface area contributed by atoms with Crippen molar-refractivity contribution in [2.45, 2.75) is 19.3 Å². The molecule has 1 aliphatic heterocycles. The highest BCUT2D eigenvalue weighted by atomic mass is 35.5. The van der Waals surface area contributed by atoms with Crippen LogP contribution in [0.3, 0.4) is 0 Å². The third-order valence-corrected chi connectivity index (χ3v) is 3.71. The van der Waals surface area contributed by atoms with E-state index in [2.05, 4.69) is 10.3 Å². The summed E-state index contributed by atoms with van der Waals surface area (Å²) in [5, 5.41) is 3.28. The molecule has 1 fully saturated rings. The third kappa shape index (κ3) is 5.12. The van der Waals surface area contributed by atoms with E-state index in [0.29, 0.717) is 36.9 Å². The molecular weight excluding hydrogens is 327 g/mol. The quantitative estimate of drug-likeness (QED) is 0.867. The molecule has 1 unspecified atom stereocenters. The zero-order chi connectivity index (χ0) is 15.2. The largest absolute Gasteiger partial charge is 0.342 e. The molecule has 1 atom stereocenters. The Morgan fingerprint density at radius 2 is 2.23 bits per heavy atom. The number of nitrogens with zero attached hydrogens (tertiary/aromatic N) is 2. The minimum absolute atomic E-state index is 0. The van der Waals surface area contributed by atoms with Gasteiger partial charge >= 0.3 is 0 Å². The number of rotatable bonds is 4. The maximum absolute atomic E-state index is 12.2. The van der Waals surface area contributed by atoms with Crippen LogP contribution in [0.1, 0.15) is 19.3 Å². The summed E-state index contributed by atoms with van der Waals surface area (Å²) in [6.45, 7) is 1.47. The van der Waals surface area contributed by atoms with Crippen molar-refractivity contribution in [2.24, 2.45) is 11.7 Å². The summed E-state index contributed by atoms with van der Waals surface area (Å²) in [5.74, 6) is 0.155. The minimum atomic E-state index is -0.210. The molecule has 122 valence electrons. The van der Waals surface area contributed by atoms with E-state index >= 15 is 0 Å². The number of amides is 2. The van der Waals surface area contributed by atoms with Crippen molar-refractivity contribution in [2.75, 3.05) is 25.0 Å². The lowest BCUT2D eigenvalue weighted by Crippen LogP contribution is -2.44. The van der Waals surface area contributed by atoms with Gasteiger partial charge in [-0.15, -0.1) is 12.4 Å². The van der Waals surface area contributed by atoms with Crippen LogP contribution in [0.4, 0.5) is 5.82 Å². The molecule has 0 aromatic carbocycles. The smallest absolute Gasteiger partial charge is 0.230 e. The second-order valence-corrected chi connectivity index (χ2v) is 5.50.